The fourth-order valence-electron chi connectivity index (χ4n) is 4.14. The minimum atomic E-state index is -0.269. The minimum absolute atomic E-state index is 0.0417. The molecule has 1 aliphatic carbocycles. The van der Waals surface area contributed by atoms with Crippen molar-refractivity contribution < 1.29 is 9.21 Å². The third kappa shape index (κ3) is 2.62. The number of furan rings is 1. The predicted octanol–water partition coefficient (Wildman–Crippen LogP) is 3.35. The molecule has 0 bridgehead atoms. The summed E-state index contributed by atoms with van der Waals surface area (Å²) >= 11 is 0. The van der Waals surface area contributed by atoms with Gasteiger partial charge in [-0.2, -0.15) is 10.1 Å². The van der Waals surface area contributed by atoms with Gasteiger partial charge in [0.2, 0.25) is 5.95 Å². The summed E-state index contributed by atoms with van der Waals surface area (Å²) in [4.78, 5) is 19.6. The SMILES string of the molecule is CN(C)c1ccc(C2C3=C(CC(c4ccco4)CC3=O)Nc3ncnn32)cc1. The molecular formula is C21H21N5O2. The van der Waals surface area contributed by atoms with Crippen molar-refractivity contribution in [1.82, 2.24) is 14.8 Å². The Balaban J connectivity index is 1.58. The molecule has 2 aliphatic rings. The molecule has 0 fully saturated rings. The van der Waals surface area contributed by atoms with Gasteiger partial charge in [0.25, 0.3) is 0 Å². The van der Waals surface area contributed by atoms with Gasteiger partial charge >= 0.3 is 0 Å². The van der Waals surface area contributed by atoms with Crippen LogP contribution in [0.15, 0.2) is 64.7 Å². The third-order valence-electron chi connectivity index (χ3n) is 5.53. The molecule has 0 radical (unpaired) electrons. The maximum atomic E-state index is 13.2. The predicted molar refractivity (Wildman–Crippen MR) is 105 cm³/mol. The molecule has 2 unspecified atom stereocenters. The lowest BCUT2D eigenvalue weighted by molar-refractivity contribution is -0.117. The van der Waals surface area contributed by atoms with E-state index in [2.05, 4.69) is 44.6 Å². The number of ketones is 1. The van der Waals surface area contributed by atoms with Gasteiger partial charge in [-0.1, -0.05) is 12.1 Å². The van der Waals surface area contributed by atoms with Crippen molar-refractivity contribution >= 4 is 17.4 Å². The van der Waals surface area contributed by atoms with Crippen molar-refractivity contribution in [2.45, 2.75) is 24.8 Å². The Kier molecular flexibility index (Phi) is 3.82. The smallest absolute Gasteiger partial charge is 0.226 e. The van der Waals surface area contributed by atoms with Crippen LogP contribution < -0.4 is 10.2 Å². The highest BCUT2D eigenvalue weighted by molar-refractivity contribution is 6.00. The number of carbonyl (C=O) groups is 1. The highest BCUT2D eigenvalue weighted by Crippen LogP contribution is 2.43. The number of nitrogens with zero attached hydrogens (tertiary/aromatic N) is 4. The molecule has 7 heteroatoms. The number of fused-ring (bicyclic) bond motifs is 1. The van der Waals surface area contributed by atoms with Gasteiger partial charge in [-0.05, 0) is 36.2 Å². The second kappa shape index (κ2) is 6.37. The molecule has 7 nitrogen and oxygen atoms in total. The van der Waals surface area contributed by atoms with E-state index in [0.29, 0.717) is 18.8 Å². The third-order valence-corrected chi connectivity index (χ3v) is 5.53. The molecule has 2 atom stereocenters. The van der Waals surface area contributed by atoms with Crippen LogP contribution in [0.1, 0.15) is 36.1 Å². The molecule has 0 amide bonds. The number of rotatable bonds is 3. The zero-order chi connectivity index (χ0) is 19.3. The first-order valence-electron chi connectivity index (χ1n) is 9.35. The molecule has 0 saturated heterocycles. The normalized spacial score (nSPS) is 21.1. The van der Waals surface area contributed by atoms with Gasteiger partial charge in [0.15, 0.2) is 5.78 Å². The van der Waals surface area contributed by atoms with E-state index < -0.39 is 0 Å². The molecule has 0 spiro atoms. The van der Waals surface area contributed by atoms with Crippen molar-refractivity contribution in [3.8, 4) is 0 Å². The van der Waals surface area contributed by atoms with E-state index in [9.17, 15) is 4.79 Å². The van der Waals surface area contributed by atoms with Gasteiger partial charge in [-0.3, -0.25) is 4.79 Å². The highest BCUT2D eigenvalue weighted by Gasteiger charge is 2.39. The van der Waals surface area contributed by atoms with Crippen molar-refractivity contribution in [3.05, 3.63) is 71.6 Å². The van der Waals surface area contributed by atoms with E-state index in [1.54, 1.807) is 10.9 Å². The summed E-state index contributed by atoms with van der Waals surface area (Å²) in [5, 5.41) is 7.72. The lowest BCUT2D eigenvalue weighted by Crippen LogP contribution is -2.33. The summed E-state index contributed by atoms with van der Waals surface area (Å²) in [6, 6.07) is 11.8. The number of allylic oxidation sites excluding steroid dienone is 2. The Labute approximate surface area is 162 Å². The second-order valence-electron chi connectivity index (χ2n) is 7.48. The van der Waals surface area contributed by atoms with E-state index in [1.807, 2.05) is 26.2 Å². The summed E-state index contributed by atoms with van der Waals surface area (Å²) in [5.41, 5.74) is 3.83. The standard InChI is InChI=1S/C21H21N5O2/c1-25(2)15-7-5-13(6-8-15)20-19-16(24-21-22-12-23-26(20)21)10-14(11-17(19)27)18-4-3-9-28-18/h3-9,12,14,20H,10-11H2,1-2H3,(H,22,23,24). The van der Waals surface area contributed by atoms with E-state index in [4.69, 9.17) is 4.42 Å². The Hall–Kier alpha value is -3.35. The van der Waals surface area contributed by atoms with Crippen molar-refractivity contribution in [1.29, 1.82) is 0 Å². The summed E-state index contributed by atoms with van der Waals surface area (Å²) < 4.78 is 7.36. The summed E-state index contributed by atoms with van der Waals surface area (Å²) in [5.74, 6) is 1.67. The molecule has 0 saturated carbocycles. The average Bonchev–Trinajstić information content (AvgIpc) is 3.38. The number of hydrogen-bond donors (Lipinski definition) is 1. The minimum Gasteiger partial charge on any atom is -0.469 e. The fourth-order valence-corrected chi connectivity index (χ4v) is 4.14. The monoisotopic (exact) mass is 375 g/mol. The summed E-state index contributed by atoms with van der Waals surface area (Å²) in [6.07, 6.45) is 4.33. The maximum absolute atomic E-state index is 13.2. The Morgan fingerprint density at radius 3 is 2.71 bits per heavy atom. The van der Waals surface area contributed by atoms with E-state index in [-0.39, 0.29) is 17.7 Å². The number of Topliss-reactive ketones (excluding diaryl/α,β-unsaturated/α-hetero) is 1. The Bertz CT molecular complexity index is 1050. The Morgan fingerprint density at radius 1 is 1.18 bits per heavy atom. The highest BCUT2D eigenvalue weighted by atomic mass is 16.3. The first-order valence-corrected chi connectivity index (χ1v) is 9.35. The summed E-state index contributed by atoms with van der Waals surface area (Å²) in [7, 11) is 4.02. The van der Waals surface area contributed by atoms with Crippen LogP contribution in [0.25, 0.3) is 0 Å². The molecule has 142 valence electrons. The molecule has 1 aliphatic heterocycles. The quantitative estimate of drug-likeness (QED) is 0.757. The van der Waals surface area contributed by atoms with Gasteiger partial charge in [0, 0.05) is 43.4 Å². The van der Waals surface area contributed by atoms with Gasteiger partial charge < -0.3 is 14.6 Å². The van der Waals surface area contributed by atoms with Gasteiger partial charge in [0.1, 0.15) is 18.1 Å². The first-order chi connectivity index (χ1) is 13.6. The van der Waals surface area contributed by atoms with E-state index in [1.165, 1.54) is 6.33 Å². The van der Waals surface area contributed by atoms with Gasteiger partial charge in [0.05, 0.1) is 6.26 Å². The second-order valence-corrected chi connectivity index (χ2v) is 7.48. The van der Waals surface area contributed by atoms with Crippen LogP contribution in [0.2, 0.25) is 0 Å². The molecule has 28 heavy (non-hydrogen) atoms. The molecular weight excluding hydrogens is 354 g/mol. The molecule has 3 aromatic rings. The molecule has 2 aromatic heterocycles. The average molecular weight is 375 g/mol. The van der Waals surface area contributed by atoms with Crippen LogP contribution in [0.4, 0.5) is 11.6 Å². The number of anilines is 2. The number of carbonyl (C=O) groups excluding carboxylic acids is 1. The number of nitrogens with one attached hydrogen (secondary N) is 1. The zero-order valence-electron chi connectivity index (χ0n) is 15.8. The van der Waals surface area contributed by atoms with Crippen LogP contribution in [0, 0.1) is 0 Å². The summed E-state index contributed by atoms with van der Waals surface area (Å²) in [6.45, 7) is 0. The lowest BCUT2D eigenvalue weighted by atomic mass is 9.79. The molecule has 3 heterocycles. The number of aromatic nitrogens is 3. The van der Waals surface area contributed by atoms with Crippen LogP contribution in [-0.2, 0) is 4.79 Å². The number of hydrogen-bond acceptors (Lipinski definition) is 6. The van der Waals surface area contributed by atoms with Crippen LogP contribution in [0.3, 0.4) is 0 Å². The fraction of sp³-hybridized carbons (Fsp3) is 0.286. The van der Waals surface area contributed by atoms with Crippen LogP contribution >= 0.6 is 0 Å². The van der Waals surface area contributed by atoms with E-state index >= 15 is 0 Å². The molecule has 5 rings (SSSR count). The maximum Gasteiger partial charge on any atom is 0.226 e. The van der Waals surface area contributed by atoms with E-state index in [0.717, 1.165) is 28.3 Å². The van der Waals surface area contributed by atoms with Crippen molar-refractivity contribution in [2.75, 3.05) is 24.3 Å². The van der Waals surface area contributed by atoms with Gasteiger partial charge in [-0.15, -0.1) is 0 Å². The van der Waals surface area contributed by atoms with Gasteiger partial charge in [-0.25, -0.2) is 4.68 Å². The lowest BCUT2D eigenvalue weighted by Gasteiger charge is -2.34. The number of benzene rings is 1. The van der Waals surface area contributed by atoms with Crippen LogP contribution in [-0.4, -0.2) is 34.6 Å². The molecule has 1 aromatic carbocycles. The topological polar surface area (TPSA) is 76.2 Å². The Morgan fingerprint density at radius 2 is 2.00 bits per heavy atom. The van der Waals surface area contributed by atoms with Crippen molar-refractivity contribution in [3.63, 3.8) is 0 Å². The van der Waals surface area contributed by atoms with Crippen molar-refractivity contribution in [2.24, 2.45) is 0 Å². The largest absolute Gasteiger partial charge is 0.469 e. The molecule has 1 N–H and O–H groups in total. The zero-order valence-corrected chi connectivity index (χ0v) is 15.8. The van der Waals surface area contributed by atoms with Crippen LogP contribution in [0.5, 0.6) is 0 Å². The first kappa shape index (κ1) is 16.8.